The van der Waals surface area contributed by atoms with Gasteiger partial charge in [0, 0.05) is 24.5 Å². The summed E-state index contributed by atoms with van der Waals surface area (Å²) in [7, 11) is 1.59. The predicted octanol–water partition coefficient (Wildman–Crippen LogP) is 4.65. The molecule has 4 aromatic rings. The van der Waals surface area contributed by atoms with Crippen molar-refractivity contribution in [1.29, 1.82) is 0 Å². The van der Waals surface area contributed by atoms with Crippen molar-refractivity contribution in [2.45, 2.75) is 13.0 Å². The first-order chi connectivity index (χ1) is 16.9. The fourth-order valence-corrected chi connectivity index (χ4v) is 3.38. The molecule has 0 saturated heterocycles. The summed E-state index contributed by atoms with van der Waals surface area (Å²) in [5.74, 6) is -1.60. The Labute approximate surface area is 200 Å². The van der Waals surface area contributed by atoms with Gasteiger partial charge >= 0.3 is 0 Å². The molecule has 0 bridgehead atoms. The number of nitrogens with zero attached hydrogens (tertiary/aromatic N) is 2. The summed E-state index contributed by atoms with van der Waals surface area (Å²) >= 11 is 0. The van der Waals surface area contributed by atoms with Crippen LogP contribution in [0.3, 0.4) is 0 Å². The number of nitrogens with one attached hydrogen (secondary N) is 2. The van der Waals surface area contributed by atoms with Crippen molar-refractivity contribution in [3.8, 4) is 5.75 Å². The molecule has 0 radical (unpaired) electrons. The molecule has 7 nitrogen and oxygen atoms in total. The molecule has 35 heavy (non-hydrogen) atoms. The minimum atomic E-state index is -0.867. The van der Waals surface area contributed by atoms with E-state index in [1.165, 1.54) is 12.5 Å². The number of aromatic nitrogens is 2. The Morgan fingerprint density at radius 1 is 0.943 bits per heavy atom. The highest BCUT2D eigenvalue weighted by atomic mass is 19.1. The normalized spacial score (nSPS) is 10.6. The van der Waals surface area contributed by atoms with Gasteiger partial charge in [-0.15, -0.1) is 0 Å². The first-order valence-corrected chi connectivity index (χ1v) is 10.7. The second-order valence-corrected chi connectivity index (χ2v) is 7.78. The molecule has 4 rings (SSSR count). The van der Waals surface area contributed by atoms with Gasteiger partial charge in [0.05, 0.1) is 25.5 Å². The second kappa shape index (κ2) is 10.6. The maximum atomic E-state index is 13.8. The number of halogens is 2. The lowest BCUT2D eigenvalue weighted by Crippen LogP contribution is -2.14. The number of anilines is 2. The van der Waals surface area contributed by atoms with Gasteiger partial charge in [0.2, 0.25) is 5.91 Å². The molecule has 178 valence electrons. The number of carbonyl (C=O) groups excluding carboxylic acids is 2. The summed E-state index contributed by atoms with van der Waals surface area (Å²) < 4.78 is 33.6. The Balaban J connectivity index is 1.31. The molecule has 2 amide bonds. The van der Waals surface area contributed by atoms with Crippen molar-refractivity contribution in [3.05, 3.63) is 108 Å². The lowest BCUT2D eigenvalue weighted by atomic mass is 10.1. The van der Waals surface area contributed by atoms with E-state index >= 15 is 0 Å². The smallest absolute Gasteiger partial charge is 0.275 e. The van der Waals surface area contributed by atoms with Crippen LogP contribution in [0.2, 0.25) is 0 Å². The van der Waals surface area contributed by atoms with E-state index in [-0.39, 0.29) is 23.7 Å². The first kappa shape index (κ1) is 23.6. The number of methoxy groups -OCH3 is 1. The summed E-state index contributed by atoms with van der Waals surface area (Å²) in [6.07, 6.45) is 3.26. The number of carbonyl (C=O) groups is 2. The Morgan fingerprint density at radius 2 is 1.66 bits per heavy atom. The quantitative estimate of drug-likeness (QED) is 0.388. The number of amides is 2. The molecule has 0 fully saturated rings. The standard InChI is InChI=1S/C26H22F2N4O3/c1-35-21-9-4-17(5-10-21)12-25(33)30-20-7-2-18(3-8-20)14-32-15-24(29-16-32)26(34)31-23-11-6-19(27)13-22(23)28/h2-11,13,15-16H,12,14H2,1H3,(H,30,33)(H,31,34). The molecule has 9 heteroatoms. The van der Waals surface area contributed by atoms with Gasteiger partial charge in [-0.1, -0.05) is 24.3 Å². The fraction of sp³-hybridized carbons (Fsp3) is 0.115. The number of hydrogen-bond acceptors (Lipinski definition) is 4. The van der Waals surface area contributed by atoms with E-state index in [9.17, 15) is 18.4 Å². The minimum absolute atomic E-state index is 0.0936. The molecule has 0 aliphatic rings. The molecule has 0 saturated carbocycles. The zero-order chi connectivity index (χ0) is 24.8. The zero-order valence-electron chi connectivity index (χ0n) is 18.8. The van der Waals surface area contributed by atoms with Crippen LogP contribution in [0.4, 0.5) is 20.2 Å². The van der Waals surface area contributed by atoms with E-state index in [1.54, 1.807) is 23.8 Å². The van der Waals surface area contributed by atoms with Gasteiger partial charge < -0.3 is 19.9 Å². The largest absolute Gasteiger partial charge is 0.497 e. The monoisotopic (exact) mass is 476 g/mol. The lowest BCUT2D eigenvalue weighted by Gasteiger charge is -2.08. The van der Waals surface area contributed by atoms with E-state index in [2.05, 4.69) is 15.6 Å². The molecule has 0 unspecified atom stereocenters. The number of hydrogen-bond donors (Lipinski definition) is 2. The average Bonchev–Trinajstić information content (AvgIpc) is 3.31. The molecule has 0 aliphatic carbocycles. The fourth-order valence-electron chi connectivity index (χ4n) is 3.38. The molecule has 2 N–H and O–H groups in total. The van der Waals surface area contributed by atoms with Crippen LogP contribution < -0.4 is 15.4 Å². The van der Waals surface area contributed by atoms with Crippen LogP contribution in [0.1, 0.15) is 21.6 Å². The molecule has 3 aromatic carbocycles. The third-order valence-electron chi connectivity index (χ3n) is 5.17. The van der Waals surface area contributed by atoms with Crippen molar-refractivity contribution in [3.63, 3.8) is 0 Å². The van der Waals surface area contributed by atoms with Crippen LogP contribution in [0.5, 0.6) is 5.75 Å². The summed E-state index contributed by atoms with van der Waals surface area (Å²) in [4.78, 5) is 28.7. The van der Waals surface area contributed by atoms with E-state index in [1.807, 2.05) is 36.4 Å². The van der Waals surface area contributed by atoms with Gasteiger partial charge in [-0.05, 0) is 47.5 Å². The Morgan fingerprint density at radius 3 is 2.34 bits per heavy atom. The predicted molar refractivity (Wildman–Crippen MR) is 127 cm³/mol. The Kier molecular flexibility index (Phi) is 7.15. The van der Waals surface area contributed by atoms with Gasteiger partial charge in [-0.2, -0.15) is 0 Å². The highest BCUT2D eigenvalue weighted by Gasteiger charge is 2.13. The number of rotatable bonds is 8. The number of benzene rings is 3. The highest BCUT2D eigenvalue weighted by Crippen LogP contribution is 2.17. The molecule has 1 aromatic heterocycles. The molecule has 0 spiro atoms. The topological polar surface area (TPSA) is 85.2 Å². The maximum Gasteiger partial charge on any atom is 0.275 e. The van der Waals surface area contributed by atoms with Crippen molar-refractivity contribution in [2.24, 2.45) is 0 Å². The highest BCUT2D eigenvalue weighted by molar-refractivity contribution is 6.02. The third-order valence-corrected chi connectivity index (χ3v) is 5.17. The second-order valence-electron chi connectivity index (χ2n) is 7.78. The summed E-state index contributed by atoms with van der Waals surface area (Å²) in [6, 6.07) is 17.5. The Hall–Kier alpha value is -4.53. The van der Waals surface area contributed by atoms with Crippen LogP contribution in [0.15, 0.2) is 79.3 Å². The van der Waals surface area contributed by atoms with E-state index in [0.29, 0.717) is 18.3 Å². The van der Waals surface area contributed by atoms with E-state index in [4.69, 9.17) is 4.74 Å². The van der Waals surface area contributed by atoms with Gasteiger partial charge in [-0.25, -0.2) is 13.8 Å². The first-order valence-electron chi connectivity index (χ1n) is 10.7. The van der Waals surface area contributed by atoms with Gasteiger partial charge in [0.15, 0.2) is 0 Å². The molecule has 0 atom stereocenters. The lowest BCUT2D eigenvalue weighted by molar-refractivity contribution is -0.115. The maximum absolute atomic E-state index is 13.8. The molecule has 0 aliphatic heterocycles. The van der Waals surface area contributed by atoms with Crippen molar-refractivity contribution in [2.75, 3.05) is 17.7 Å². The third kappa shape index (κ3) is 6.29. The van der Waals surface area contributed by atoms with Crippen LogP contribution >= 0.6 is 0 Å². The van der Waals surface area contributed by atoms with Crippen molar-refractivity contribution >= 4 is 23.2 Å². The van der Waals surface area contributed by atoms with Crippen LogP contribution in [-0.4, -0.2) is 28.5 Å². The van der Waals surface area contributed by atoms with Gasteiger partial charge in [0.25, 0.3) is 5.91 Å². The molecular weight excluding hydrogens is 454 g/mol. The number of imidazole rings is 1. The zero-order valence-corrected chi connectivity index (χ0v) is 18.8. The van der Waals surface area contributed by atoms with E-state index in [0.717, 1.165) is 29.0 Å². The van der Waals surface area contributed by atoms with Crippen LogP contribution in [0.25, 0.3) is 0 Å². The Bertz CT molecular complexity index is 1340. The van der Waals surface area contributed by atoms with E-state index < -0.39 is 17.5 Å². The average molecular weight is 476 g/mol. The van der Waals surface area contributed by atoms with Crippen LogP contribution in [0, 0.1) is 11.6 Å². The van der Waals surface area contributed by atoms with Crippen molar-refractivity contribution in [1.82, 2.24) is 9.55 Å². The minimum Gasteiger partial charge on any atom is -0.497 e. The number of ether oxygens (including phenoxy) is 1. The summed E-state index contributed by atoms with van der Waals surface area (Å²) in [5, 5.41) is 5.24. The summed E-state index contributed by atoms with van der Waals surface area (Å²) in [5.41, 5.74) is 2.43. The molecule has 1 heterocycles. The summed E-state index contributed by atoms with van der Waals surface area (Å²) in [6.45, 7) is 0.436. The molecular formula is C26H22F2N4O3. The van der Waals surface area contributed by atoms with Crippen LogP contribution in [-0.2, 0) is 17.8 Å². The SMILES string of the molecule is COc1ccc(CC(=O)Nc2ccc(Cn3cnc(C(=O)Nc4ccc(F)cc4F)c3)cc2)cc1. The van der Waals surface area contributed by atoms with Crippen molar-refractivity contribution < 1.29 is 23.1 Å². The van der Waals surface area contributed by atoms with Gasteiger partial charge in [0.1, 0.15) is 23.1 Å². The van der Waals surface area contributed by atoms with Gasteiger partial charge in [-0.3, -0.25) is 9.59 Å².